The second-order valence-electron chi connectivity index (χ2n) is 4.33. The van der Waals surface area contributed by atoms with Gasteiger partial charge in [-0.1, -0.05) is 0 Å². The van der Waals surface area contributed by atoms with Gasteiger partial charge in [-0.15, -0.1) is 0 Å². The lowest BCUT2D eigenvalue weighted by atomic mass is 10.2. The molecule has 0 amide bonds. The van der Waals surface area contributed by atoms with Crippen LogP contribution in [-0.2, 0) is 4.74 Å². The second kappa shape index (κ2) is 5.44. The first-order valence-corrected chi connectivity index (χ1v) is 5.89. The summed E-state index contributed by atoms with van der Waals surface area (Å²) in [6, 6.07) is 3.90. The van der Waals surface area contributed by atoms with E-state index in [-0.39, 0.29) is 18.7 Å². The Morgan fingerprint density at radius 1 is 1.65 bits per heavy atom. The molecule has 0 aliphatic carbocycles. The van der Waals surface area contributed by atoms with E-state index in [1.165, 1.54) is 0 Å². The van der Waals surface area contributed by atoms with Crippen molar-refractivity contribution in [2.24, 2.45) is 5.73 Å². The summed E-state index contributed by atoms with van der Waals surface area (Å²) in [5.74, 6) is 0. The van der Waals surface area contributed by atoms with E-state index in [2.05, 4.69) is 9.88 Å². The number of rotatable bonds is 3. The summed E-state index contributed by atoms with van der Waals surface area (Å²) in [6.45, 7) is 4.03. The molecule has 1 aromatic heterocycles. The lowest BCUT2D eigenvalue weighted by molar-refractivity contribution is 0.0727. The van der Waals surface area contributed by atoms with Crippen LogP contribution in [0.25, 0.3) is 0 Å². The molecule has 2 rings (SSSR count). The minimum Gasteiger partial charge on any atom is -0.394 e. The summed E-state index contributed by atoms with van der Waals surface area (Å²) in [5.41, 5.74) is 7.65. The van der Waals surface area contributed by atoms with Gasteiger partial charge in [-0.3, -0.25) is 4.98 Å². The average Bonchev–Trinajstić information content (AvgIpc) is 2.39. The van der Waals surface area contributed by atoms with Crippen LogP contribution in [0.4, 0.5) is 5.69 Å². The fraction of sp³-hybridized carbons (Fsp3) is 0.583. The van der Waals surface area contributed by atoms with Gasteiger partial charge in [0.25, 0.3) is 0 Å². The first-order valence-electron chi connectivity index (χ1n) is 5.89. The molecule has 0 radical (unpaired) electrons. The summed E-state index contributed by atoms with van der Waals surface area (Å²) < 4.78 is 5.34. The van der Waals surface area contributed by atoms with Gasteiger partial charge >= 0.3 is 0 Å². The Balaban J connectivity index is 2.15. The molecular formula is C12H19N3O2. The van der Waals surface area contributed by atoms with Gasteiger partial charge in [0.2, 0.25) is 0 Å². The molecule has 2 heterocycles. The topological polar surface area (TPSA) is 71.6 Å². The third-order valence-corrected chi connectivity index (χ3v) is 3.01. The van der Waals surface area contributed by atoms with Crippen molar-refractivity contribution in [2.75, 3.05) is 31.3 Å². The van der Waals surface area contributed by atoms with Crippen molar-refractivity contribution in [3.63, 3.8) is 0 Å². The van der Waals surface area contributed by atoms with E-state index in [0.29, 0.717) is 13.2 Å². The first kappa shape index (κ1) is 12.3. The molecule has 0 saturated carbocycles. The van der Waals surface area contributed by atoms with Gasteiger partial charge in [-0.2, -0.15) is 0 Å². The Labute approximate surface area is 101 Å². The van der Waals surface area contributed by atoms with Gasteiger partial charge in [0.15, 0.2) is 0 Å². The van der Waals surface area contributed by atoms with Crippen molar-refractivity contribution in [1.82, 2.24) is 4.98 Å². The predicted octanol–water partition coefficient (Wildman–Crippen LogP) is 0.299. The number of pyridine rings is 1. The Hall–Kier alpha value is -1.17. The number of nitrogens with two attached hydrogens (primary N) is 1. The minimum atomic E-state index is -0.0534. The van der Waals surface area contributed by atoms with Crippen LogP contribution in [0.5, 0.6) is 0 Å². The van der Waals surface area contributed by atoms with Crippen molar-refractivity contribution in [3.8, 4) is 0 Å². The minimum absolute atomic E-state index is 0.0201. The summed E-state index contributed by atoms with van der Waals surface area (Å²) >= 11 is 0. The van der Waals surface area contributed by atoms with Gasteiger partial charge in [-0.05, 0) is 19.1 Å². The number of nitrogens with zero attached hydrogens (tertiary/aromatic N) is 2. The molecule has 0 aromatic carbocycles. The number of ether oxygens (including phenoxy) is 1. The van der Waals surface area contributed by atoms with Crippen LogP contribution in [0.15, 0.2) is 18.3 Å². The van der Waals surface area contributed by atoms with Crippen LogP contribution in [0.2, 0.25) is 0 Å². The third kappa shape index (κ3) is 2.74. The number of aromatic nitrogens is 1. The van der Waals surface area contributed by atoms with Gasteiger partial charge in [0, 0.05) is 12.6 Å². The zero-order chi connectivity index (χ0) is 12.3. The molecular weight excluding hydrogens is 218 g/mol. The zero-order valence-corrected chi connectivity index (χ0v) is 10.0. The SMILES string of the molecule is C[C@H](N)c1ccc(N2CCOCC2CO)cn1. The summed E-state index contributed by atoms with van der Waals surface area (Å²) in [5, 5.41) is 9.30. The average molecular weight is 237 g/mol. The van der Waals surface area contributed by atoms with Crippen molar-refractivity contribution in [3.05, 3.63) is 24.0 Å². The summed E-state index contributed by atoms with van der Waals surface area (Å²) in [7, 11) is 0. The number of aliphatic hydroxyl groups is 1. The highest BCUT2D eigenvalue weighted by molar-refractivity contribution is 5.46. The maximum Gasteiger partial charge on any atom is 0.0756 e. The van der Waals surface area contributed by atoms with Gasteiger partial charge < -0.3 is 20.5 Å². The molecule has 2 atom stereocenters. The van der Waals surface area contributed by atoms with E-state index in [4.69, 9.17) is 10.5 Å². The quantitative estimate of drug-likeness (QED) is 0.791. The smallest absolute Gasteiger partial charge is 0.0756 e. The number of hydrogen-bond acceptors (Lipinski definition) is 5. The Bertz CT molecular complexity index is 353. The molecule has 1 saturated heterocycles. The Kier molecular flexibility index (Phi) is 3.93. The Morgan fingerprint density at radius 2 is 2.47 bits per heavy atom. The number of hydrogen-bond donors (Lipinski definition) is 2. The zero-order valence-electron chi connectivity index (χ0n) is 10.0. The summed E-state index contributed by atoms with van der Waals surface area (Å²) in [6.07, 6.45) is 1.81. The molecule has 5 heteroatoms. The largest absolute Gasteiger partial charge is 0.394 e. The highest BCUT2D eigenvalue weighted by atomic mass is 16.5. The molecule has 1 unspecified atom stereocenters. The van der Waals surface area contributed by atoms with E-state index in [0.717, 1.165) is 17.9 Å². The first-order chi connectivity index (χ1) is 8.22. The molecule has 5 nitrogen and oxygen atoms in total. The fourth-order valence-electron chi connectivity index (χ4n) is 1.98. The van der Waals surface area contributed by atoms with Crippen molar-refractivity contribution < 1.29 is 9.84 Å². The lowest BCUT2D eigenvalue weighted by Crippen LogP contribution is -2.47. The molecule has 1 aliphatic rings. The van der Waals surface area contributed by atoms with Gasteiger partial charge in [-0.25, -0.2) is 0 Å². The number of anilines is 1. The second-order valence-corrected chi connectivity index (χ2v) is 4.33. The predicted molar refractivity (Wildman–Crippen MR) is 65.9 cm³/mol. The lowest BCUT2D eigenvalue weighted by Gasteiger charge is -2.36. The maximum atomic E-state index is 9.30. The normalized spacial score (nSPS) is 22.5. The molecule has 0 spiro atoms. The highest BCUT2D eigenvalue weighted by Gasteiger charge is 2.22. The molecule has 1 aliphatic heterocycles. The van der Waals surface area contributed by atoms with Crippen LogP contribution in [0, 0.1) is 0 Å². The van der Waals surface area contributed by atoms with E-state index in [9.17, 15) is 5.11 Å². The molecule has 94 valence electrons. The van der Waals surface area contributed by atoms with Crippen molar-refractivity contribution in [2.45, 2.75) is 19.0 Å². The molecule has 1 fully saturated rings. The fourth-order valence-corrected chi connectivity index (χ4v) is 1.98. The van der Waals surface area contributed by atoms with Crippen LogP contribution >= 0.6 is 0 Å². The van der Waals surface area contributed by atoms with E-state index < -0.39 is 0 Å². The third-order valence-electron chi connectivity index (χ3n) is 3.01. The van der Waals surface area contributed by atoms with E-state index in [1.54, 1.807) is 0 Å². The molecule has 0 bridgehead atoms. The Morgan fingerprint density at radius 3 is 3.06 bits per heavy atom. The molecule has 17 heavy (non-hydrogen) atoms. The molecule has 1 aromatic rings. The maximum absolute atomic E-state index is 9.30. The van der Waals surface area contributed by atoms with Crippen molar-refractivity contribution >= 4 is 5.69 Å². The van der Waals surface area contributed by atoms with Crippen LogP contribution in [-0.4, -0.2) is 42.5 Å². The molecule has 3 N–H and O–H groups in total. The highest BCUT2D eigenvalue weighted by Crippen LogP contribution is 2.20. The van der Waals surface area contributed by atoms with E-state index in [1.807, 2.05) is 25.3 Å². The van der Waals surface area contributed by atoms with Crippen LogP contribution < -0.4 is 10.6 Å². The van der Waals surface area contributed by atoms with Gasteiger partial charge in [0.05, 0.1) is 43.4 Å². The summed E-state index contributed by atoms with van der Waals surface area (Å²) in [4.78, 5) is 6.46. The monoisotopic (exact) mass is 237 g/mol. The number of aliphatic hydroxyl groups excluding tert-OH is 1. The van der Waals surface area contributed by atoms with Crippen molar-refractivity contribution in [1.29, 1.82) is 0 Å². The van der Waals surface area contributed by atoms with E-state index >= 15 is 0 Å². The standard InChI is InChI=1S/C12H19N3O2/c1-9(13)12-3-2-10(6-14-12)15-4-5-17-8-11(15)7-16/h2-3,6,9,11,16H,4-5,7-8,13H2,1H3/t9-,11?/m0/s1. The number of morpholine rings is 1. The van der Waals surface area contributed by atoms with Crippen LogP contribution in [0.3, 0.4) is 0 Å². The van der Waals surface area contributed by atoms with Gasteiger partial charge in [0.1, 0.15) is 0 Å². The van der Waals surface area contributed by atoms with Crippen LogP contribution in [0.1, 0.15) is 18.7 Å².